The lowest BCUT2D eigenvalue weighted by Gasteiger charge is -2.18. The predicted octanol–water partition coefficient (Wildman–Crippen LogP) is -0.506. The zero-order valence-corrected chi connectivity index (χ0v) is 11.5. The number of nitro benzene ring substituents is 2. The second-order valence-electron chi connectivity index (χ2n) is 4.14. The summed E-state index contributed by atoms with van der Waals surface area (Å²) in [5.41, 5.74) is 13.4. The SMILES string of the molecule is NC(N)=NC(N)=Nc1cc2c(c([N+](=O)[O-])c1[N+](=O)[O-])OCCO2. The Balaban J connectivity index is 2.76. The molecule has 0 aromatic heterocycles. The van der Waals surface area contributed by atoms with E-state index in [9.17, 15) is 20.2 Å². The lowest BCUT2D eigenvalue weighted by molar-refractivity contribution is -0.422. The molecule has 1 aliphatic heterocycles. The van der Waals surface area contributed by atoms with Crippen molar-refractivity contribution in [2.75, 3.05) is 13.2 Å². The molecule has 122 valence electrons. The number of nitrogens with two attached hydrogens (primary N) is 3. The molecule has 0 atom stereocenters. The van der Waals surface area contributed by atoms with Crippen LogP contribution in [-0.4, -0.2) is 35.0 Å². The maximum Gasteiger partial charge on any atom is 0.393 e. The molecule has 13 heteroatoms. The molecule has 0 fully saturated rings. The van der Waals surface area contributed by atoms with Crippen LogP contribution in [0.3, 0.4) is 0 Å². The minimum absolute atomic E-state index is 0.0176. The summed E-state index contributed by atoms with van der Waals surface area (Å²) in [5, 5.41) is 22.5. The molecular formula is C10H11N7O6. The van der Waals surface area contributed by atoms with Gasteiger partial charge in [0, 0.05) is 6.07 Å². The highest BCUT2D eigenvalue weighted by atomic mass is 16.6. The van der Waals surface area contributed by atoms with Gasteiger partial charge in [0.1, 0.15) is 13.2 Å². The van der Waals surface area contributed by atoms with Gasteiger partial charge in [0.15, 0.2) is 17.4 Å². The van der Waals surface area contributed by atoms with Crippen molar-refractivity contribution < 1.29 is 19.3 Å². The average Bonchev–Trinajstić information content (AvgIpc) is 2.44. The normalized spacial score (nSPS) is 13.3. The van der Waals surface area contributed by atoms with Gasteiger partial charge in [-0.05, 0) is 0 Å². The van der Waals surface area contributed by atoms with E-state index in [-0.39, 0.29) is 24.7 Å². The minimum atomic E-state index is -0.974. The zero-order chi connectivity index (χ0) is 17.1. The van der Waals surface area contributed by atoms with Crippen LogP contribution in [0.4, 0.5) is 17.1 Å². The second-order valence-corrected chi connectivity index (χ2v) is 4.14. The lowest BCUT2D eigenvalue weighted by atomic mass is 10.2. The number of hydrogen-bond donors (Lipinski definition) is 3. The number of hydrogen-bond acceptors (Lipinski definition) is 7. The Morgan fingerprint density at radius 3 is 2.26 bits per heavy atom. The van der Waals surface area contributed by atoms with Gasteiger partial charge in [-0.1, -0.05) is 0 Å². The quantitative estimate of drug-likeness (QED) is 0.282. The summed E-state index contributed by atoms with van der Waals surface area (Å²) in [6.45, 7) is 0.137. The first-order valence-corrected chi connectivity index (χ1v) is 6.00. The van der Waals surface area contributed by atoms with E-state index in [1.54, 1.807) is 0 Å². The Bertz CT molecular complexity index is 740. The molecule has 1 aromatic carbocycles. The monoisotopic (exact) mass is 325 g/mol. The maximum absolute atomic E-state index is 11.2. The third-order valence-corrected chi connectivity index (χ3v) is 2.60. The van der Waals surface area contributed by atoms with Gasteiger partial charge < -0.3 is 26.7 Å². The molecule has 2 rings (SSSR count). The number of guanidine groups is 2. The molecule has 13 nitrogen and oxygen atoms in total. The summed E-state index contributed by atoms with van der Waals surface area (Å²) in [6.07, 6.45) is 0. The van der Waals surface area contributed by atoms with Crippen LogP contribution in [0.25, 0.3) is 0 Å². The minimum Gasteiger partial charge on any atom is -0.486 e. The molecule has 1 heterocycles. The van der Waals surface area contributed by atoms with E-state index < -0.39 is 38.8 Å². The van der Waals surface area contributed by atoms with Crippen LogP contribution in [0.5, 0.6) is 11.5 Å². The van der Waals surface area contributed by atoms with Gasteiger partial charge in [0.2, 0.25) is 11.7 Å². The Kier molecular flexibility index (Phi) is 4.11. The smallest absolute Gasteiger partial charge is 0.393 e. The molecule has 0 saturated carbocycles. The van der Waals surface area contributed by atoms with Crippen molar-refractivity contribution in [3.05, 3.63) is 26.3 Å². The van der Waals surface area contributed by atoms with Crippen molar-refractivity contribution >= 4 is 29.0 Å². The first kappa shape index (κ1) is 15.7. The zero-order valence-electron chi connectivity index (χ0n) is 11.5. The fourth-order valence-corrected chi connectivity index (χ4v) is 1.86. The van der Waals surface area contributed by atoms with Crippen molar-refractivity contribution in [1.29, 1.82) is 0 Å². The Morgan fingerprint density at radius 1 is 1.09 bits per heavy atom. The number of nitro groups is 2. The van der Waals surface area contributed by atoms with Crippen molar-refractivity contribution in [3.63, 3.8) is 0 Å². The van der Waals surface area contributed by atoms with Gasteiger partial charge in [-0.2, -0.15) is 4.99 Å². The van der Waals surface area contributed by atoms with Crippen molar-refractivity contribution in [2.24, 2.45) is 27.2 Å². The van der Waals surface area contributed by atoms with Crippen molar-refractivity contribution in [3.8, 4) is 11.5 Å². The summed E-state index contributed by atoms with van der Waals surface area (Å²) in [6, 6.07) is 1.09. The molecular weight excluding hydrogens is 314 g/mol. The molecule has 0 aliphatic carbocycles. The number of rotatable bonds is 3. The van der Waals surface area contributed by atoms with E-state index in [1.165, 1.54) is 0 Å². The van der Waals surface area contributed by atoms with Crippen LogP contribution >= 0.6 is 0 Å². The van der Waals surface area contributed by atoms with Crippen LogP contribution < -0.4 is 26.7 Å². The number of benzene rings is 1. The predicted molar refractivity (Wildman–Crippen MR) is 77.8 cm³/mol. The van der Waals surface area contributed by atoms with Crippen LogP contribution in [0, 0.1) is 20.2 Å². The van der Waals surface area contributed by atoms with Crippen LogP contribution in [0.1, 0.15) is 0 Å². The fraction of sp³-hybridized carbons (Fsp3) is 0.200. The van der Waals surface area contributed by atoms with Crippen molar-refractivity contribution in [1.82, 2.24) is 0 Å². The van der Waals surface area contributed by atoms with Crippen LogP contribution in [0.2, 0.25) is 0 Å². The molecule has 0 radical (unpaired) electrons. The summed E-state index contributed by atoms with van der Waals surface area (Å²) in [5.74, 6) is -1.35. The first-order valence-electron chi connectivity index (χ1n) is 6.00. The fourth-order valence-electron chi connectivity index (χ4n) is 1.86. The molecule has 1 aliphatic rings. The van der Waals surface area contributed by atoms with Crippen molar-refractivity contribution in [2.45, 2.75) is 0 Å². The molecule has 0 unspecified atom stereocenters. The standard InChI is InChI=1S/C10H11N7O6/c11-9(12)15-10(13)14-4-3-5-8(23-2-1-22-5)7(17(20)21)6(4)16(18)19/h3H,1-2H2,(H6,11,12,13,14,15). The van der Waals surface area contributed by atoms with Gasteiger partial charge in [-0.25, -0.2) is 4.99 Å². The highest BCUT2D eigenvalue weighted by Gasteiger charge is 2.38. The molecule has 0 saturated heterocycles. The molecule has 0 bridgehead atoms. The van der Waals surface area contributed by atoms with E-state index in [4.69, 9.17) is 26.7 Å². The Labute approximate surface area is 127 Å². The van der Waals surface area contributed by atoms with E-state index >= 15 is 0 Å². The summed E-state index contributed by atoms with van der Waals surface area (Å²) < 4.78 is 10.3. The number of nitrogens with zero attached hydrogens (tertiary/aromatic N) is 4. The Hall–Kier alpha value is -3.64. The highest BCUT2D eigenvalue weighted by Crippen LogP contribution is 2.50. The van der Waals surface area contributed by atoms with Crippen LogP contribution in [-0.2, 0) is 0 Å². The summed E-state index contributed by atoms with van der Waals surface area (Å²) >= 11 is 0. The molecule has 6 N–H and O–H groups in total. The summed E-state index contributed by atoms with van der Waals surface area (Å²) in [4.78, 5) is 27.6. The molecule has 23 heavy (non-hydrogen) atoms. The van der Waals surface area contributed by atoms with E-state index in [2.05, 4.69) is 9.98 Å². The maximum atomic E-state index is 11.2. The second kappa shape index (κ2) is 6.00. The molecule has 1 aromatic rings. The first-order chi connectivity index (χ1) is 10.8. The summed E-state index contributed by atoms with van der Waals surface area (Å²) in [7, 11) is 0. The lowest BCUT2D eigenvalue weighted by Crippen LogP contribution is -2.26. The number of aliphatic imine (C=N–C) groups is 2. The largest absolute Gasteiger partial charge is 0.486 e. The van der Waals surface area contributed by atoms with Gasteiger partial charge in [0.25, 0.3) is 0 Å². The van der Waals surface area contributed by atoms with Gasteiger partial charge in [0.05, 0.1) is 9.85 Å². The Morgan fingerprint density at radius 2 is 1.70 bits per heavy atom. The van der Waals surface area contributed by atoms with Gasteiger partial charge >= 0.3 is 11.4 Å². The third kappa shape index (κ3) is 3.17. The highest BCUT2D eigenvalue weighted by molar-refractivity contribution is 5.95. The molecule has 0 amide bonds. The van der Waals surface area contributed by atoms with E-state index in [0.29, 0.717) is 0 Å². The third-order valence-electron chi connectivity index (χ3n) is 2.60. The van der Waals surface area contributed by atoms with Crippen LogP contribution in [0.15, 0.2) is 16.1 Å². The number of ether oxygens (including phenoxy) is 2. The molecule has 0 spiro atoms. The number of fused-ring (bicyclic) bond motifs is 1. The topological polar surface area (TPSA) is 208 Å². The van der Waals surface area contributed by atoms with Gasteiger partial charge in [-0.3, -0.25) is 20.2 Å². The average molecular weight is 325 g/mol. The van der Waals surface area contributed by atoms with Gasteiger partial charge in [-0.15, -0.1) is 0 Å². The van der Waals surface area contributed by atoms with E-state index in [0.717, 1.165) is 6.07 Å². The van der Waals surface area contributed by atoms with E-state index in [1.807, 2.05) is 0 Å².